The molecule has 1 atom stereocenters. The number of aromatic nitrogens is 2. The average molecular weight is 335 g/mol. The van der Waals surface area contributed by atoms with Crippen LogP contribution in [-0.4, -0.2) is 9.55 Å². The molecule has 20 heavy (non-hydrogen) atoms. The lowest BCUT2D eigenvalue weighted by molar-refractivity contribution is 0.412. The van der Waals surface area contributed by atoms with Crippen molar-refractivity contribution >= 4 is 26.8 Å². The Morgan fingerprint density at radius 2 is 2.25 bits per heavy atom. The fourth-order valence-corrected chi connectivity index (χ4v) is 3.50. The molecule has 0 saturated heterocycles. The van der Waals surface area contributed by atoms with E-state index in [0.29, 0.717) is 0 Å². The Morgan fingerprint density at radius 1 is 1.40 bits per heavy atom. The van der Waals surface area contributed by atoms with Gasteiger partial charge in [0.2, 0.25) is 0 Å². The van der Waals surface area contributed by atoms with Gasteiger partial charge in [-0.25, -0.2) is 4.98 Å². The second kappa shape index (κ2) is 5.68. The zero-order chi connectivity index (χ0) is 14.1. The minimum atomic E-state index is 0.120. The number of hydrogen-bond donors (Lipinski definition) is 0. The van der Waals surface area contributed by atoms with E-state index in [-0.39, 0.29) is 5.56 Å². The predicted octanol–water partition coefficient (Wildman–Crippen LogP) is 3.91. The summed E-state index contributed by atoms with van der Waals surface area (Å²) < 4.78 is 2.87. The second-order valence-electron chi connectivity index (χ2n) is 5.63. The summed E-state index contributed by atoms with van der Waals surface area (Å²) in [7, 11) is 0. The van der Waals surface area contributed by atoms with Crippen molar-refractivity contribution < 1.29 is 0 Å². The van der Waals surface area contributed by atoms with Crippen molar-refractivity contribution in [2.45, 2.75) is 45.6 Å². The van der Waals surface area contributed by atoms with Gasteiger partial charge in [0.05, 0.1) is 10.9 Å². The van der Waals surface area contributed by atoms with Gasteiger partial charge in [-0.3, -0.25) is 9.36 Å². The van der Waals surface area contributed by atoms with Crippen LogP contribution in [0.15, 0.2) is 27.5 Å². The van der Waals surface area contributed by atoms with Gasteiger partial charge in [-0.2, -0.15) is 0 Å². The molecule has 1 aliphatic heterocycles. The smallest absolute Gasteiger partial charge is 0.261 e. The highest BCUT2D eigenvalue weighted by atomic mass is 79.9. The molecule has 1 aromatic carbocycles. The zero-order valence-electron chi connectivity index (χ0n) is 11.7. The highest BCUT2D eigenvalue weighted by molar-refractivity contribution is 9.10. The molecular formula is C16H19BrN2O. The van der Waals surface area contributed by atoms with Crippen LogP contribution >= 0.6 is 15.9 Å². The number of benzene rings is 1. The van der Waals surface area contributed by atoms with Gasteiger partial charge in [-0.15, -0.1) is 0 Å². The van der Waals surface area contributed by atoms with E-state index in [1.807, 2.05) is 22.8 Å². The highest BCUT2D eigenvalue weighted by Gasteiger charge is 2.18. The predicted molar refractivity (Wildman–Crippen MR) is 85.0 cm³/mol. The minimum Gasteiger partial charge on any atom is -0.296 e. The summed E-state index contributed by atoms with van der Waals surface area (Å²) >= 11 is 3.45. The van der Waals surface area contributed by atoms with Crippen molar-refractivity contribution in [3.8, 4) is 0 Å². The maximum atomic E-state index is 12.6. The zero-order valence-corrected chi connectivity index (χ0v) is 13.3. The maximum Gasteiger partial charge on any atom is 0.261 e. The first-order valence-electron chi connectivity index (χ1n) is 7.38. The minimum absolute atomic E-state index is 0.120. The van der Waals surface area contributed by atoms with Crippen LogP contribution in [0.1, 0.15) is 38.4 Å². The molecular weight excluding hydrogens is 316 g/mol. The molecule has 3 rings (SSSR count). The Morgan fingerprint density at radius 3 is 3.05 bits per heavy atom. The summed E-state index contributed by atoms with van der Waals surface area (Å²) in [6, 6.07) is 5.72. The van der Waals surface area contributed by atoms with Gasteiger partial charge in [-0.05, 0) is 37.0 Å². The molecule has 0 fully saturated rings. The van der Waals surface area contributed by atoms with E-state index < -0.39 is 0 Å². The number of nitrogens with zero attached hydrogens (tertiary/aromatic N) is 2. The third-order valence-electron chi connectivity index (χ3n) is 4.23. The Balaban J connectivity index is 2.06. The van der Waals surface area contributed by atoms with E-state index in [9.17, 15) is 4.79 Å². The Hall–Kier alpha value is -1.16. The largest absolute Gasteiger partial charge is 0.296 e. The van der Waals surface area contributed by atoms with Gasteiger partial charge in [0, 0.05) is 17.4 Å². The van der Waals surface area contributed by atoms with E-state index in [1.54, 1.807) is 0 Å². The van der Waals surface area contributed by atoms with E-state index in [4.69, 9.17) is 4.98 Å². The molecule has 0 bridgehead atoms. The molecule has 0 amide bonds. The molecule has 0 aliphatic carbocycles. The molecule has 0 radical (unpaired) electrons. The number of rotatable bonds is 2. The second-order valence-corrected chi connectivity index (χ2v) is 6.54. The molecule has 3 nitrogen and oxygen atoms in total. The van der Waals surface area contributed by atoms with Crippen LogP contribution in [0.25, 0.3) is 10.9 Å². The first kappa shape index (κ1) is 13.8. The van der Waals surface area contributed by atoms with Gasteiger partial charge in [0.25, 0.3) is 5.56 Å². The van der Waals surface area contributed by atoms with E-state index in [2.05, 4.69) is 22.9 Å². The standard InChI is InChI=1S/C16H19BrN2O/c1-2-3-11-4-7-15-18-14-10-12(17)5-6-13(14)16(20)19(15)9-8-11/h5-6,10-11H,2-4,7-9H2,1H3. The summed E-state index contributed by atoms with van der Waals surface area (Å²) in [4.78, 5) is 17.3. The van der Waals surface area contributed by atoms with Crippen molar-refractivity contribution in [1.29, 1.82) is 0 Å². The Labute approximate surface area is 127 Å². The van der Waals surface area contributed by atoms with E-state index in [0.717, 1.165) is 52.9 Å². The number of fused-ring (bicyclic) bond motifs is 2. The van der Waals surface area contributed by atoms with E-state index >= 15 is 0 Å². The van der Waals surface area contributed by atoms with Gasteiger partial charge in [-0.1, -0.05) is 35.7 Å². The third-order valence-corrected chi connectivity index (χ3v) is 4.72. The fourth-order valence-electron chi connectivity index (χ4n) is 3.15. The number of halogens is 1. The van der Waals surface area contributed by atoms with Crippen molar-refractivity contribution in [1.82, 2.24) is 9.55 Å². The molecule has 106 valence electrons. The monoisotopic (exact) mass is 334 g/mol. The van der Waals surface area contributed by atoms with Crippen LogP contribution in [0.5, 0.6) is 0 Å². The first-order valence-corrected chi connectivity index (χ1v) is 8.17. The van der Waals surface area contributed by atoms with Crippen molar-refractivity contribution in [3.63, 3.8) is 0 Å². The molecule has 1 aliphatic rings. The molecule has 1 unspecified atom stereocenters. The summed E-state index contributed by atoms with van der Waals surface area (Å²) in [6.45, 7) is 3.05. The van der Waals surface area contributed by atoms with E-state index in [1.165, 1.54) is 12.8 Å². The summed E-state index contributed by atoms with van der Waals surface area (Å²) in [5.74, 6) is 1.69. The van der Waals surface area contributed by atoms with Gasteiger partial charge >= 0.3 is 0 Å². The lowest BCUT2D eigenvalue weighted by Gasteiger charge is -2.11. The lowest BCUT2D eigenvalue weighted by atomic mass is 9.95. The summed E-state index contributed by atoms with van der Waals surface area (Å²) in [5.41, 5.74) is 0.930. The highest BCUT2D eigenvalue weighted by Crippen LogP contribution is 2.24. The Bertz CT molecular complexity index is 693. The Kier molecular flexibility index (Phi) is 3.92. The van der Waals surface area contributed by atoms with Crippen LogP contribution in [0.3, 0.4) is 0 Å². The topological polar surface area (TPSA) is 34.9 Å². The van der Waals surface area contributed by atoms with Crippen LogP contribution in [-0.2, 0) is 13.0 Å². The SMILES string of the molecule is CCCC1CCc2nc3cc(Br)ccc3c(=O)n2CC1. The first-order chi connectivity index (χ1) is 9.69. The molecule has 0 N–H and O–H groups in total. The summed E-state index contributed by atoms with van der Waals surface area (Å²) in [6.07, 6.45) is 5.65. The van der Waals surface area contributed by atoms with Crippen LogP contribution in [0.2, 0.25) is 0 Å². The maximum absolute atomic E-state index is 12.6. The fraction of sp³-hybridized carbons (Fsp3) is 0.500. The molecule has 2 heterocycles. The van der Waals surface area contributed by atoms with Crippen LogP contribution in [0.4, 0.5) is 0 Å². The van der Waals surface area contributed by atoms with Crippen LogP contribution in [0, 0.1) is 5.92 Å². The number of aryl methyl sites for hydroxylation is 1. The molecule has 0 saturated carbocycles. The van der Waals surface area contributed by atoms with Gasteiger partial charge in [0.15, 0.2) is 0 Å². The van der Waals surface area contributed by atoms with Crippen molar-refractivity contribution in [2.24, 2.45) is 5.92 Å². The molecule has 2 aromatic rings. The van der Waals surface area contributed by atoms with Gasteiger partial charge < -0.3 is 0 Å². The third kappa shape index (κ3) is 2.53. The van der Waals surface area contributed by atoms with Crippen LogP contribution < -0.4 is 5.56 Å². The van der Waals surface area contributed by atoms with Crippen molar-refractivity contribution in [2.75, 3.05) is 0 Å². The van der Waals surface area contributed by atoms with Gasteiger partial charge in [0.1, 0.15) is 5.82 Å². The molecule has 0 spiro atoms. The quantitative estimate of drug-likeness (QED) is 0.834. The lowest BCUT2D eigenvalue weighted by Crippen LogP contribution is -2.24. The average Bonchev–Trinajstić information content (AvgIpc) is 2.62. The number of hydrogen-bond acceptors (Lipinski definition) is 2. The normalized spacial score (nSPS) is 18.8. The summed E-state index contributed by atoms with van der Waals surface area (Å²) in [5, 5.41) is 0.728. The molecule has 1 aromatic heterocycles. The van der Waals surface area contributed by atoms with Crippen molar-refractivity contribution in [3.05, 3.63) is 38.9 Å². The molecule has 4 heteroatoms.